The van der Waals surface area contributed by atoms with Crippen molar-refractivity contribution in [2.24, 2.45) is 28.9 Å². The summed E-state index contributed by atoms with van der Waals surface area (Å²) in [6.07, 6.45) is 8.85. The number of hydrogen-bond acceptors (Lipinski definition) is 7. The Morgan fingerprint density at radius 2 is 1.51 bits per heavy atom. The summed E-state index contributed by atoms with van der Waals surface area (Å²) in [6, 6.07) is -3.71. The van der Waals surface area contributed by atoms with Gasteiger partial charge in [-0.1, -0.05) is 79.6 Å². The molecule has 3 aliphatic rings. The lowest BCUT2D eigenvalue weighted by Gasteiger charge is -2.36. The van der Waals surface area contributed by atoms with Gasteiger partial charge in [0.05, 0.1) is 12.1 Å². The highest BCUT2D eigenvalue weighted by molar-refractivity contribution is 6.37. The average Bonchev–Trinajstić information content (AvgIpc) is 3.13. The zero-order valence-electron chi connectivity index (χ0n) is 27.0. The predicted octanol–water partition coefficient (Wildman–Crippen LogP) is 2.42. The van der Waals surface area contributed by atoms with Crippen LogP contribution in [-0.2, 0) is 28.7 Å². The summed E-state index contributed by atoms with van der Waals surface area (Å²) < 4.78 is 5.01. The van der Waals surface area contributed by atoms with Crippen LogP contribution in [0.1, 0.15) is 99.8 Å². The minimum absolute atomic E-state index is 0.0399. The standard InChI is InChI=1S/C27H45N5O7.C4H8/c1-14(2)39-19(33)12-29-26(38)31-22(27(5,6)7)25(37)32-13-15(3)16(4)20(32)24(36)30-18(21(34)23(28)35)11-17-9-8-10-17;1-2-4-3-1/h14-18,20,22H,8-13H2,1-7H3,(H2,28,35)(H,30,36)(H2,29,31,38);1-4H2. The van der Waals surface area contributed by atoms with Crippen molar-refractivity contribution >= 4 is 35.5 Å². The van der Waals surface area contributed by atoms with E-state index in [-0.39, 0.29) is 36.9 Å². The van der Waals surface area contributed by atoms with Gasteiger partial charge >= 0.3 is 12.0 Å². The fourth-order valence-corrected chi connectivity index (χ4v) is 5.22. The number of primary amides is 1. The van der Waals surface area contributed by atoms with Crippen LogP contribution in [0.4, 0.5) is 4.79 Å². The van der Waals surface area contributed by atoms with Gasteiger partial charge in [-0.15, -0.1) is 0 Å². The molecular weight excluding hydrogens is 554 g/mol. The Kier molecular flexibility index (Phi) is 13.4. The van der Waals surface area contributed by atoms with Crippen molar-refractivity contribution in [3.63, 3.8) is 0 Å². The van der Waals surface area contributed by atoms with Crippen LogP contribution in [0.2, 0.25) is 0 Å². The molecule has 2 aliphatic carbocycles. The monoisotopic (exact) mass is 607 g/mol. The lowest BCUT2D eigenvalue weighted by Crippen LogP contribution is -2.60. The van der Waals surface area contributed by atoms with Crippen LogP contribution in [0.3, 0.4) is 0 Å². The highest BCUT2D eigenvalue weighted by Crippen LogP contribution is 2.34. The number of hydrogen-bond donors (Lipinski definition) is 4. The van der Waals surface area contributed by atoms with E-state index >= 15 is 0 Å². The number of carbonyl (C=O) groups excluding carboxylic acids is 6. The van der Waals surface area contributed by atoms with Gasteiger partial charge < -0.3 is 31.3 Å². The van der Waals surface area contributed by atoms with Gasteiger partial charge in [-0.05, 0) is 43.4 Å². The van der Waals surface area contributed by atoms with Gasteiger partial charge in [-0.2, -0.15) is 0 Å². The molecule has 43 heavy (non-hydrogen) atoms. The van der Waals surface area contributed by atoms with E-state index in [0.717, 1.165) is 19.3 Å². The molecule has 0 aromatic carbocycles. The highest BCUT2D eigenvalue weighted by atomic mass is 16.5. The van der Waals surface area contributed by atoms with E-state index in [1.54, 1.807) is 34.6 Å². The first-order chi connectivity index (χ1) is 20.0. The molecule has 2 saturated carbocycles. The lowest BCUT2D eigenvalue weighted by molar-refractivity contribution is -0.146. The van der Waals surface area contributed by atoms with Gasteiger partial charge in [0.2, 0.25) is 17.6 Å². The molecule has 244 valence electrons. The van der Waals surface area contributed by atoms with E-state index in [1.165, 1.54) is 30.6 Å². The third kappa shape index (κ3) is 10.8. The first-order valence-electron chi connectivity index (χ1n) is 15.7. The Morgan fingerprint density at radius 1 is 0.930 bits per heavy atom. The molecule has 0 bridgehead atoms. The summed E-state index contributed by atoms with van der Waals surface area (Å²) in [7, 11) is 0. The fraction of sp³-hybridized carbons (Fsp3) is 0.806. The fourth-order valence-electron chi connectivity index (χ4n) is 5.22. The number of likely N-dealkylation sites (tertiary alicyclic amines) is 1. The number of Topliss-reactive ketones (excluding diaryl/α,β-unsaturated/α-hetero) is 1. The number of urea groups is 1. The maximum atomic E-state index is 13.8. The topological polar surface area (TPSA) is 177 Å². The highest BCUT2D eigenvalue weighted by Gasteiger charge is 2.48. The van der Waals surface area contributed by atoms with Crippen molar-refractivity contribution in [2.75, 3.05) is 13.1 Å². The van der Waals surface area contributed by atoms with Crippen molar-refractivity contribution in [1.82, 2.24) is 20.9 Å². The van der Waals surface area contributed by atoms with Crippen LogP contribution in [0.25, 0.3) is 0 Å². The predicted molar refractivity (Wildman–Crippen MR) is 161 cm³/mol. The van der Waals surface area contributed by atoms with Gasteiger partial charge in [0.15, 0.2) is 0 Å². The number of nitrogens with one attached hydrogen (secondary N) is 3. The molecule has 1 saturated heterocycles. The molecule has 1 heterocycles. The number of esters is 1. The molecule has 5 unspecified atom stereocenters. The summed E-state index contributed by atoms with van der Waals surface area (Å²) in [6.45, 7) is 12.4. The Hall–Kier alpha value is -3.18. The smallest absolute Gasteiger partial charge is 0.325 e. The maximum absolute atomic E-state index is 13.8. The second-order valence-corrected chi connectivity index (χ2v) is 13.7. The molecule has 12 nitrogen and oxygen atoms in total. The molecule has 12 heteroatoms. The maximum Gasteiger partial charge on any atom is 0.325 e. The number of ether oxygens (including phenoxy) is 1. The lowest BCUT2D eigenvalue weighted by atomic mass is 9.80. The normalized spacial score (nSPS) is 23.0. The minimum Gasteiger partial charge on any atom is -0.462 e. The first kappa shape index (κ1) is 36.0. The molecule has 3 fully saturated rings. The molecule has 5 amide bonds. The molecule has 1 aliphatic heterocycles. The Morgan fingerprint density at radius 3 is 1.95 bits per heavy atom. The van der Waals surface area contributed by atoms with Crippen LogP contribution >= 0.6 is 0 Å². The molecule has 0 spiro atoms. The summed E-state index contributed by atoms with van der Waals surface area (Å²) in [4.78, 5) is 77.4. The van der Waals surface area contributed by atoms with Gasteiger partial charge in [0.25, 0.3) is 5.91 Å². The molecule has 0 radical (unpaired) electrons. The summed E-state index contributed by atoms with van der Waals surface area (Å²) in [5.74, 6) is -3.64. The van der Waals surface area contributed by atoms with Crippen LogP contribution in [0, 0.1) is 23.2 Å². The van der Waals surface area contributed by atoms with Gasteiger partial charge in [0, 0.05) is 6.54 Å². The van der Waals surface area contributed by atoms with Crippen molar-refractivity contribution in [3.8, 4) is 0 Å². The van der Waals surface area contributed by atoms with Crippen LogP contribution < -0.4 is 21.7 Å². The van der Waals surface area contributed by atoms with Crippen molar-refractivity contribution in [2.45, 2.75) is 124 Å². The molecular formula is C31H53N5O7. The van der Waals surface area contributed by atoms with E-state index in [1.807, 2.05) is 13.8 Å². The van der Waals surface area contributed by atoms with E-state index < -0.39 is 59.0 Å². The molecule has 0 aromatic rings. The quantitative estimate of drug-likeness (QED) is 0.206. The van der Waals surface area contributed by atoms with Crippen molar-refractivity contribution < 1.29 is 33.5 Å². The molecule has 3 rings (SSSR count). The Bertz CT molecular complexity index is 1010. The van der Waals surface area contributed by atoms with Crippen LogP contribution in [0.15, 0.2) is 0 Å². The number of nitrogens with two attached hydrogens (primary N) is 1. The number of nitrogens with zero attached hydrogens (tertiary/aromatic N) is 1. The Balaban J connectivity index is 0.00000148. The van der Waals surface area contributed by atoms with Crippen molar-refractivity contribution in [3.05, 3.63) is 0 Å². The van der Waals surface area contributed by atoms with Crippen LogP contribution in [0.5, 0.6) is 0 Å². The first-order valence-corrected chi connectivity index (χ1v) is 15.7. The summed E-state index contributed by atoms with van der Waals surface area (Å²) in [5, 5.41) is 7.77. The van der Waals surface area contributed by atoms with Crippen molar-refractivity contribution in [1.29, 1.82) is 0 Å². The van der Waals surface area contributed by atoms with Gasteiger partial charge in [-0.25, -0.2) is 4.79 Å². The van der Waals surface area contributed by atoms with E-state index in [0.29, 0.717) is 6.42 Å². The zero-order chi connectivity index (χ0) is 32.5. The average molecular weight is 608 g/mol. The molecule has 5 N–H and O–H groups in total. The second-order valence-electron chi connectivity index (χ2n) is 13.7. The van der Waals surface area contributed by atoms with Gasteiger partial charge in [-0.3, -0.25) is 24.0 Å². The van der Waals surface area contributed by atoms with E-state index in [9.17, 15) is 28.8 Å². The second kappa shape index (κ2) is 16.0. The largest absolute Gasteiger partial charge is 0.462 e. The number of ketones is 1. The number of rotatable bonds is 11. The third-order valence-corrected chi connectivity index (χ3v) is 8.59. The zero-order valence-corrected chi connectivity index (χ0v) is 27.0. The van der Waals surface area contributed by atoms with Crippen LogP contribution in [-0.4, -0.2) is 77.7 Å². The summed E-state index contributed by atoms with van der Waals surface area (Å²) >= 11 is 0. The molecule has 0 aromatic heterocycles. The molecule has 5 atom stereocenters. The summed E-state index contributed by atoms with van der Waals surface area (Å²) in [5.41, 5.74) is 4.51. The SMILES string of the molecule is C1CCC1.CC(C)OC(=O)CNC(=O)NC(C(=O)N1CC(C)C(C)C1C(=O)NC(CC1CCC1)C(=O)C(N)=O)C(C)(C)C. The third-order valence-electron chi connectivity index (χ3n) is 8.59. The van der Waals surface area contributed by atoms with E-state index in [2.05, 4.69) is 16.0 Å². The van der Waals surface area contributed by atoms with Gasteiger partial charge in [0.1, 0.15) is 18.6 Å². The Labute approximate surface area is 256 Å². The number of carbonyl (C=O) groups is 6. The van der Waals surface area contributed by atoms with E-state index in [4.69, 9.17) is 10.5 Å². The minimum atomic E-state index is -1.11. The number of amides is 5.